The van der Waals surface area contributed by atoms with Crippen LogP contribution in [0.1, 0.15) is 47.3 Å². The van der Waals surface area contributed by atoms with Crippen molar-refractivity contribution in [3.8, 4) is 0 Å². The first-order chi connectivity index (χ1) is 13.8. The van der Waals surface area contributed by atoms with Crippen molar-refractivity contribution in [2.24, 2.45) is 0 Å². The molecule has 2 N–H and O–H groups in total. The number of hydrogen-bond acceptors (Lipinski definition) is 5. The Hall–Kier alpha value is -2.96. The monoisotopic (exact) mass is 376 g/mol. The smallest absolute Gasteiger partial charge is 0.251 e. The number of amides is 1. The summed E-state index contributed by atoms with van der Waals surface area (Å²) in [6.07, 6.45) is 8.11. The largest absolute Gasteiger partial charge is 0.355 e. The molecular weight excluding hydrogens is 352 g/mol. The number of piperidine rings is 1. The van der Waals surface area contributed by atoms with Crippen molar-refractivity contribution in [3.05, 3.63) is 47.4 Å². The highest BCUT2D eigenvalue weighted by Gasteiger charge is 2.23. The highest BCUT2D eigenvalue weighted by atomic mass is 16.1. The molecule has 0 unspecified atom stereocenters. The van der Waals surface area contributed by atoms with E-state index in [1.807, 2.05) is 18.2 Å². The lowest BCUT2D eigenvalue weighted by Crippen LogP contribution is -2.45. The van der Waals surface area contributed by atoms with Gasteiger partial charge in [0.2, 0.25) is 0 Å². The fraction of sp³-hybridized carbons (Fsp3) is 0.429. The normalized spacial score (nSPS) is 17.5. The molecule has 3 heterocycles. The second kappa shape index (κ2) is 7.22. The van der Waals surface area contributed by atoms with Gasteiger partial charge in [-0.05, 0) is 68.4 Å². The molecule has 1 aromatic carbocycles. The number of carbonyl (C=O) groups excluding carboxylic acids is 1. The van der Waals surface area contributed by atoms with Crippen LogP contribution in [0.3, 0.4) is 0 Å². The van der Waals surface area contributed by atoms with Gasteiger partial charge in [-0.25, -0.2) is 4.98 Å². The van der Waals surface area contributed by atoms with Gasteiger partial charge in [0.15, 0.2) is 5.82 Å². The number of anilines is 1. The topological polar surface area (TPSA) is 86.8 Å². The number of benzene rings is 1. The van der Waals surface area contributed by atoms with Gasteiger partial charge in [-0.15, -0.1) is 5.10 Å². The van der Waals surface area contributed by atoms with E-state index in [1.165, 1.54) is 24.1 Å². The van der Waals surface area contributed by atoms with Gasteiger partial charge >= 0.3 is 0 Å². The van der Waals surface area contributed by atoms with E-state index in [-0.39, 0.29) is 11.9 Å². The Morgan fingerprint density at radius 1 is 1.11 bits per heavy atom. The summed E-state index contributed by atoms with van der Waals surface area (Å²) in [5.74, 6) is 0.957. The van der Waals surface area contributed by atoms with Gasteiger partial charge in [0, 0.05) is 24.7 Å². The average Bonchev–Trinajstić information content (AvgIpc) is 3.22. The number of nitrogens with one attached hydrogen (secondary N) is 2. The van der Waals surface area contributed by atoms with Crippen molar-refractivity contribution in [3.63, 3.8) is 0 Å². The van der Waals surface area contributed by atoms with Gasteiger partial charge in [0.1, 0.15) is 0 Å². The number of carbonyl (C=O) groups is 1. The van der Waals surface area contributed by atoms with E-state index in [2.05, 4.69) is 36.4 Å². The van der Waals surface area contributed by atoms with Crippen LogP contribution in [0, 0.1) is 0 Å². The lowest BCUT2D eigenvalue weighted by Gasteiger charge is -2.33. The van der Waals surface area contributed by atoms with E-state index < -0.39 is 0 Å². The summed E-state index contributed by atoms with van der Waals surface area (Å²) in [4.78, 5) is 22.2. The van der Waals surface area contributed by atoms with E-state index in [0.717, 1.165) is 55.6 Å². The predicted octanol–water partition coefficient (Wildman–Crippen LogP) is 2.63. The second-order valence-electron chi connectivity index (χ2n) is 7.75. The Kier molecular flexibility index (Phi) is 4.43. The Bertz CT molecular complexity index is 1010. The van der Waals surface area contributed by atoms with Crippen LogP contribution in [-0.4, -0.2) is 45.2 Å². The molecule has 0 radical (unpaired) electrons. The molecule has 7 nitrogen and oxygen atoms in total. The number of imidazole rings is 1. The number of aromatic amines is 1. The number of aryl methyl sites for hydroxylation is 2. The molecule has 1 saturated heterocycles. The molecule has 1 fully saturated rings. The third-order valence-electron chi connectivity index (χ3n) is 5.89. The molecule has 2 aliphatic rings. The van der Waals surface area contributed by atoms with Crippen LogP contribution in [-0.2, 0) is 12.8 Å². The van der Waals surface area contributed by atoms with E-state index in [0.29, 0.717) is 5.56 Å². The lowest BCUT2D eigenvalue weighted by atomic mass is 9.96. The van der Waals surface area contributed by atoms with Crippen LogP contribution in [0.2, 0.25) is 0 Å². The number of H-pyrrole nitrogens is 1. The molecule has 0 spiro atoms. The first kappa shape index (κ1) is 17.2. The maximum absolute atomic E-state index is 12.6. The Balaban J connectivity index is 1.20. The van der Waals surface area contributed by atoms with Crippen molar-refractivity contribution in [2.45, 2.75) is 44.6 Å². The zero-order chi connectivity index (χ0) is 18.9. The van der Waals surface area contributed by atoms with Crippen molar-refractivity contribution in [1.29, 1.82) is 0 Å². The van der Waals surface area contributed by atoms with E-state index >= 15 is 0 Å². The third-order valence-corrected chi connectivity index (χ3v) is 5.89. The van der Waals surface area contributed by atoms with E-state index in [1.54, 1.807) is 6.33 Å². The number of rotatable bonds is 3. The molecular formula is C21H24N6O. The molecule has 0 saturated carbocycles. The average molecular weight is 376 g/mol. The fourth-order valence-electron chi connectivity index (χ4n) is 4.23. The van der Waals surface area contributed by atoms with Gasteiger partial charge in [-0.1, -0.05) is 0 Å². The molecule has 7 heteroatoms. The Morgan fingerprint density at radius 3 is 2.86 bits per heavy atom. The SMILES string of the molecule is O=C(NC1CCN(c2cc3c(nn2)CCCC3)CC1)c1ccc2nc[nH]c2c1. The number of fused-ring (bicyclic) bond motifs is 2. The standard InChI is InChI=1S/C21H24N6O/c28-21(15-5-6-18-19(11-15)23-13-22-18)24-16-7-9-27(10-8-16)20-12-14-3-1-2-4-17(14)25-26-20/h5-6,11-13,16H,1-4,7-10H2,(H,22,23)(H,24,28). The maximum atomic E-state index is 12.6. The van der Waals surface area contributed by atoms with Gasteiger partial charge < -0.3 is 15.2 Å². The van der Waals surface area contributed by atoms with Gasteiger partial charge in [0.05, 0.1) is 23.1 Å². The summed E-state index contributed by atoms with van der Waals surface area (Å²) in [5.41, 5.74) is 4.96. The summed E-state index contributed by atoms with van der Waals surface area (Å²) in [5, 5.41) is 12.1. The van der Waals surface area contributed by atoms with Crippen molar-refractivity contribution in [1.82, 2.24) is 25.5 Å². The predicted molar refractivity (Wildman–Crippen MR) is 107 cm³/mol. The first-order valence-corrected chi connectivity index (χ1v) is 10.1. The highest BCUT2D eigenvalue weighted by molar-refractivity contribution is 5.97. The van der Waals surface area contributed by atoms with Crippen molar-refractivity contribution >= 4 is 22.8 Å². The summed E-state index contributed by atoms with van der Waals surface area (Å²) >= 11 is 0. The number of hydrogen-bond donors (Lipinski definition) is 2. The summed E-state index contributed by atoms with van der Waals surface area (Å²) < 4.78 is 0. The summed E-state index contributed by atoms with van der Waals surface area (Å²) in [6.45, 7) is 1.77. The van der Waals surface area contributed by atoms with Gasteiger partial charge in [0.25, 0.3) is 5.91 Å². The minimum absolute atomic E-state index is 0.0245. The van der Waals surface area contributed by atoms with E-state index in [4.69, 9.17) is 0 Å². The van der Waals surface area contributed by atoms with Crippen molar-refractivity contribution in [2.75, 3.05) is 18.0 Å². The van der Waals surface area contributed by atoms with Crippen LogP contribution < -0.4 is 10.2 Å². The van der Waals surface area contributed by atoms with Crippen LogP contribution >= 0.6 is 0 Å². The molecule has 1 aliphatic heterocycles. The fourth-order valence-corrected chi connectivity index (χ4v) is 4.23. The minimum Gasteiger partial charge on any atom is -0.355 e. The Morgan fingerprint density at radius 2 is 1.96 bits per heavy atom. The second-order valence-corrected chi connectivity index (χ2v) is 7.75. The quantitative estimate of drug-likeness (QED) is 0.734. The molecule has 2 aromatic heterocycles. The molecule has 0 atom stereocenters. The lowest BCUT2D eigenvalue weighted by molar-refractivity contribution is 0.0931. The molecule has 1 aliphatic carbocycles. The van der Waals surface area contributed by atoms with Crippen LogP contribution in [0.25, 0.3) is 11.0 Å². The van der Waals surface area contributed by atoms with E-state index in [9.17, 15) is 4.79 Å². The number of nitrogens with zero attached hydrogens (tertiary/aromatic N) is 4. The van der Waals surface area contributed by atoms with Crippen LogP contribution in [0.5, 0.6) is 0 Å². The minimum atomic E-state index is -0.0245. The molecule has 144 valence electrons. The summed E-state index contributed by atoms with van der Waals surface area (Å²) in [7, 11) is 0. The molecule has 1 amide bonds. The van der Waals surface area contributed by atoms with Crippen LogP contribution in [0.4, 0.5) is 5.82 Å². The third kappa shape index (κ3) is 3.32. The maximum Gasteiger partial charge on any atom is 0.251 e. The number of aromatic nitrogens is 4. The molecule has 3 aromatic rings. The molecule has 5 rings (SSSR count). The van der Waals surface area contributed by atoms with Gasteiger partial charge in [-0.2, -0.15) is 5.10 Å². The zero-order valence-corrected chi connectivity index (χ0v) is 15.8. The zero-order valence-electron chi connectivity index (χ0n) is 15.8. The van der Waals surface area contributed by atoms with Crippen LogP contribution in [0.15, 0.2) is 30.6 Å². The highest BCUT2D eigenvalue weighted by Crippen LogP contribution is 2.24. The van der Waals surface area contributed by atoms with Gasteiger partial charge in [-0.3, -0.25) is 4.79 Å². The molecule has 0 bridgehead atoms. The Labute approximate surface area is 163 Å². The molecule has 28 heavy (non-hydrogen) atoms. The summed E-state index contributed by atoms with van der Waals surface area (Å²) in [6, 6.07) is 7.97. The van der Waals surface area contributed by atoms with Crippen molar-refractivity contribution < 1.29 is 4.79 Å². The first-order valence-electron chi connectivity index (χ1n) is 10.1.